The standard InChI is InChI=1S/C25H21FN4S/c1-16-5-4-6-23-21(13-16)25(19-9-7-18(15-27)8-10-19)28-30(23)24-12-11-20(14-22(24)26)17(2)29-31-3/h5-14,29H,2,4H2,1,3H3. The summed E-state index contributed by atoms with van der Waals surface area (Å²) in [4.78, 5) is 0. The second kappa shape index (κ2) is 8.66. The third-order valence-electron chi connectivity index (χ3n) is 5.12. The minimum atomic E-state index is -0.374. The first-order chi connectivity index (χ1) is 15.0. The summed E-state index contributed by atoms with van der Waals surface area (Å²) < 4.78 is 19.9. The van der Waals surface area contributed by atoms with Crippen molar-refractivity contribution in [1.29, 1.82) is 5.26 Å². The molecule has 1 aliphatic rings. The van der Waals surface area contributed by atoms with Gasteiger partial charge in [0.2, 0.25) is 0 Å². The van der Waals surface area contributed by atoms with Gasteiger partial charge < -0.3 is 4.72 Å². The Morgan fingerprint density at radius 2 is 2.00 bits per heavy atom. The Hall–Kier alpha value is -3.56. The summed E-state index contributed by atoms with van der Waals surface area (Å²) in [6, 6.07) is 14.5. The molecule has 0 amide bonds. The zero-order valence-electron chi connectivity index (χ0n) is 17.3. The van der Waals surface area contributed by atoms with Gasteiger partial charge in [-0.15, -0.1) is 0 Å². The number of aromatic nitrogens is 2. The number of benzene rings is 2. The molecular formula is C25H21FN4S. The largest absolute Gasteiger partial charge is 0.330 e. The number of fused-ring (bicyclic) bond motifs is 1. The van der Waals surface area contributed by atoms with Gasteiger partial charge in [-0.3, -0.25) is 0 Å². The molecule has 1 aromatic heterocycles. The molecular weight excluding hydrogens is 407 g/mol. The molecule has 6 heteroatoms. The van der Waals surface area contributed by atoms with Crippen LogP contribution in [0.1, 0.15) is 24.5 Å². The average molecular weight is 429 g/mol. The van der Waals surface area contributed by atoms with Crippen LogP contribution in [0.3, 0.4) is 0 Å². The average Bonchev–Trinajstić information content (AvgIpc) is 2.99. The van der Waals surface area contributed by atoms with Crippen molar-refractivity contribution in [3.63, 3.8) is 0 Å². The lowest BCUT2D eigenvalue weighted by Gasteiger charge is -2.09. The van der Waals surface area contributed by atoms with Crippen LogP contribution in [0.4, 0.5) is 4.39 Å². The molecule has 1 heterocycles. The fourth-order valence-corrected chi connectivity index (χ4v) is 3.94. The zero-order chi connectivity index (χ0) is 22.0. The number of nitrogens with zero attached hydrogens (tertiary/aromatic N) is 3. The molecule has 4 rings (SSSR count). The van der Waals surface area contributed by atoms with Crippen LogP contribution in [-0.4, -0.2) is 16.0 Å². The SMILES string of the molecule is C=C(NSC)c1ccc(-n2nc(-c3ccc(C#N)cc3)c3c2=CCC=C(C)C=3)c(F)c1. The molecule has 0 radical (unpaired) electrons. The number of hydrogen-bond donors (Lipinski definition) is 1. The Morgan fingerprint density at radius 3 is 2.68 bits per heavy atom. The van der Waals surface area contributed by atoms with E-state index in [1.807, 2.05) is 31.4 Å². The minimum absolute atomic E-state index is 0.374. The molecule has 0 saturated carbocycles. The zero-order valence-corrected chi connectivity index (χ0v) is 18.1. The molecule has 1 N–H and O–H groups in total. The Morgan fingerprint density at radius 1 is 1.23 bits per heavy atom. The lowest BCUT2D eigenvalue weighted by Crippen LogP contribution is -2.29. The van der Waals surface area contributed by atoms with E-state index in [1.165, 1.54) is 18.0 Å². The van der Waals surface area contributed by atoms with Crippen molar-refractivity contribution in [2.75, 3.05) is 6.26 Å². The van der Waals surface area contributed by atoms with Gasteiger partial charge in [0.1, 0.15) is 17.2 Å². The van der Waals surface area contributed by atoms with Gasteiger partial charge in [-0.25, -0.2) is 9.07 Å². The van der Waals surface area contributed by atoms with Crippen molar-refractivity contribution >= 4 is 29.8 Å². The fourth-order valence-electron chi connectivity index (χ4n) is 3.57. The van der Waals surface area contributed by atoms with Crippen LogP contribution >= 0.6 is 11.9 Å². The Balaban J connectivity index is 1.91. The summed E-state index contributed by atoms with van der Waals surface area (Å²) in [5, 5.41) is 15.7. The molecule has 1 aliphatic carbocycles. The second-order valence-electron chi connectivity index (χ2n) is 7.23. The molecule has 3 aromatic rings. The number of rotatable bonds is 5. The molecule has 4 nitrogen and oxygen atoms in total. The van der Waals surface area contributed by atoms with Gasteiger partial charge in [-0.1, -0.05) is 54.5 Å². The maximum atomic E-state index is 15.2. The molecule has 0 spiro atoms. The van der Waals surface area contributed by atoms with E-state index in [0.29, 0.717) is 22.5 Å². The quantitative estimate of drug-likeness (QED) is 0.616. The van der Waals surface area contributed by atoms with Crippen LogP contribution in [0.25, 0.3) is 34.8 Å². The Kier molecular flexibility index (Phi) is 5.79. The first kappa shape index (κ1) is 20.7. The molecule has 0 saturated heterocycles. The van der Waals surface area contributed by atoms with E-state index in [9.17, 15) is 0 Å². The van der Waals surface area contributed by atoms with Crippen LogP contribution in [0, 0.1) is 17.1 Å². The van der Waals surface area contributed by atoms with Crippen molar-refractivity contribution in [3.8, 4) is 23.0 Å². The maximum Gasteiger partial charge on any atom is 0.149 e. The van der Waals surface area contributed by atoms with Crippen LogP contribution < -0.4 is 15.3 Å². The van der Waals surface area contributed by atoms with Crippen molar-refractivity contribution < 1.29 is 4.39 Å². The highest BCUT2D eigenvalue weighted by Crippen LogP contribution is 2.20. The lowest BCUT2D eigenvalue weighted by atomic mass is 10.1. The van der Waals surface area contributed by atoms with Gasteiger partial charge >= 0.3 is 0 Å². The summed E-state index contributed by atoms with van der Waals surface area (Å²) in [5.41, 5.74) is 5.05. The van der Waals surface area contributed by atoms with Crippen molar-refractivity contribution in [2.24, 2.45) is 0 Å². The van der Waals surface area contributed by atoms with E-state index in [-0.39, 0.29) is 5.82 Å². The predicted octanol–water partition coefficient (Wildman–Crippen LogP) is 4.30. The first-order valence-electron chi connectivity index (χ1n) is 9.78. The van der Waals surface area contributed by atoms with Crippen LogP contribution in [0.15, 0.2) is 60.7 Å². The third kappa shape index (κ3) is 4.05. The number of allylic oxidation sites excluding steroid dienone is 2. The van der Waals surface area contributed by atoms with E-state index in [0.717, 1.165) is 33.8 Å². The van der Waals surface area contributed by atoms with Gasteiger partial charge in [0.05, 0.1) is 17.0 Å². The highest BCUT2D eigenvalue weighted by Gasteiger charge is 2.15. The van der Waals surface area contributed by atoms with E-state index in [2.05, 4.69) is 35.6 Å². The fraction of sp³-hybridized carbons (Fsp3) is 0.120. The van der Waals surface area contributed by atoms with Gasteiger partial charge in [-0.2, -0.15) is 10.4 Å². The number of nitrogens with one attached hydrogen (secondary N) is 1. The minimum Gasteiger partial charge on any atom is -0.330 e. The van der Waals surface area contributed by atoms with Gasteiger partial charge in [0.25, 0.3) is 0 Å². The van der Waals surface area contributed by atoms with Crippen LogP contribution in [-0.2, 0) is 0 Å². The van der Waals surface area contributed by atoms with E-state index >= 15 is 4.39 Å². The third-order valence-corrected chi connectivity index (χ3v) is 5.57. The Labute approximate surface area is 184 Å². The highest BCUT2D eigenvalue weighted by molar-refractivity contribution is 7.97. The number of nitriles is 1. The molecule has 31 heavy (non-hydrogen) atoms. The monoisotopic (exact) mass is 428 g/mol. The number of hydrogen-bond acceptors (Lipinski definition) is 4. The molecule has 154 valence electrons. The van der Waals surface area contributed by atoms with Crippen LogP contribution in [0.5, 0.6) is 0 Å². The smallest absolute Gasteiger partial charge is 0.149 e. The van der Waals surface area contributed by atoms with Gasteiger partial charge in [0.15, 0.2) is 0 Å². The predicted molar refractivity (Wildman–Crippen MR) is 126 cm³/mol. The maximum absolute atomic E-state index is 15.2. The molecule has 0 aliphatic heterocycles. The lowest BCUT2D eigenvalue weighted by molar-refractivity contribution is 0.608. The van der Waals surface area contributed by atoms with Crippen molar-refractivity contribution in [3.05, 3.63) is 88.2 Å². The molecule has 0 bridgehead atoms. The van der Waals surface area contributed by atoms with E-state index in [4.69, 9.17) is 10.4 Å². The summed E-state index contributed by atoms with van der Waals surface area (Å²) in [7, 11) is 0. The van der Waals surface area contributed by atoms with E-state index < -0.39 is 0 Å². The summed E-state index contributed by atoms with van der Waals surface area (Å²) >= 11 is 1.41. The summed E-state index contributed by atoms with van der Waals surface area (Å²) in [5.74, 6) is -0.374. The highest BCUT2D eigenvalue weighted by atomic mass is 32.2. The van der Waals surface area contributed by atoms with Crippen molar-refractivity contribution in [2.45, 2.75) is 13.3 Å². The summed E-state index contributed by atoms with van der Waals surface area (Å²) in [6.07, 6.45) is 8.89. The Bertz CT molecular complexity index is 1360. The van der Waals surface area contributed by atoms with E-state index in [1.54, 1.807) is 22.9 Å². The molecule has 0 atom stereocenters. The topological polar surface area (TPSA) is 53.6 Å². The molecule has 0 fully saturated rings. The normalized spacial score (nSPS) is 12.5. The summed E-state index contributed by atoms with van der Waals surface area (Å²) in [6.45, 7) is 5.99. The van der Waals surface area contributed by atoms with Gasteiger partial charge in [-0.05, 0) is 43.7 Å². The molecule has 0 unspecified atom stereocenters. The van der Waals surface area contributed by atoms with Crippen molar-refractivity contribution in [1.82, 2.24) is 14.5 Å². The second-order valence-corrected chi connectivity index (χ2v) is 7.84. The first-order valence-corrected chi connectivity index (χ1v) is 11.0. The number of halogens is 1. The van der Waals surface area contributed by atoms with Crippen LogP contribution in [0.2, 0.25) is 0 Å². The van der Waals surface area contributed by atoms with Gasteiger partial charge in [0, 0.05) is 28.3 Å². The molecule has 2 aromatic carbocycles.